The van der Waals surface area contributed by atoms with E-state index in [0.717, 1.165) is 12.1 Å². The highest BCUT2D eigenvalue weighted by molar-refractivity contribution is 5.72. The number of alkyl halides is 3. The van der Waals surface area contributed by atoms with Crippen LogP contribution in [-0.4, -0.2) is 38.4 Å². The van der Waals surface area contributed by atoms with Gasteiger partial charge in [-0.25, -0.2) is 4.79 Å². The summed E-state index contributed by atoms with van der Waals surface area (Å²) in [5.74, 6) is -0.0953. The summed E-state index contributed by atoms with van der Waals surface area (Å²) in [6, 6.07) is 5.00. The van der Waals surface area contributed by atoms with Crippen molar-refractivity contribution < 1.29 is 27.4 Å². The molecule has 0 spiro atoms. The van der Waals surface area contributed by atoms with Crippen LogP contribution in [0.25, 0.3) is 0 Å². The van der Waals surface area contributed by atoms with Gasteiger partial charge in [0.05, 0.1) is 18.3 Å². The van der Waals surface area contributed by atoms with E-state index in [0.29, 0.717) is 36.3 Å². The molecular weight excluding hydrogens is 593 g/mol. The van der Waals surface area contributed by atoms with Crippen LogP contribution in [0.2, 0.25) is 0 Å². The van der Waals surface area contributed by atoms with Crippen LogP contribution in [0, 0.1) is 0 Å². The first-order chi connectivity index (χ1) is 21.6. The molecule has 0 aliphatic carbocycles. The number of hydrogen-bond acceptors (Lipinski definition) is 8. The second-order valence-corrected chi connectivity index (χ2v) is 9.58. The quantitative estimate of drug-likeness (QED) is 0.147. The van der Waals surface area contributed by atoms with Crippen molar-refractivity contribution in [3.8, 4) is 0 Å². The number of benzene rings is 1. The molecule has 0 radical (unpaired) electrons. The van der Waals surface area contributed by atoms with Gasteiger partial charge in [0.25, 0.3) is 5.56 Å². The molecule has 11 nitrogen and oxygen atoms in total. The number of nitrogens with zero attached hydrogens (tertiary/aromatic N) is 5. The van der Waals surface area contributed by atoms with Crippen molar-refractivity contribution in [2.24, 2.45) is 0 Å². The van der Waals surface area contributed by atoms with Gasteiger partial charge in [0.1, 0.15) is 24.4 Å². The van der Waals surface area contributed by atoms with Crippen molar-refractivity contribution in [1.82, 2.24) is 18.9 Å². The zero-order valence-corrected chi connectivity index (χ0v) is 27.1. The van der Waals surface area contributed by atoms with E-state index < -0.39 is 35.1 Å². The van der Waals surface area contributed by atoms with E-state index >= 15 is 0 Å². The summed E-state index contributed by atoms with van der Waals surface area (Å²) in [6.07, 6.45) is -0.539. The molecule has 14 heteroatoms. The lowest BCUT2D eigenvalue weighted by Crippen LogP contribution is -2.42. The van der Waals surface area contributed by atoms with Gasteiger partial charge in [-0.2, -0.15) is 18.3 Å². The van der Waals surface area contributed by atoms with E-state index in [1.54, 1.807) is 24.1 Å². The summed E-state index contributed by atoms with van der Waals surface area (Å²) >= 11 is 0. The van der Waals surface area contributed by atoms with E-state index in [-0.39, 0.29) is 38.7 Å². The fraction of sp³-hybridized carbons (Fsp3) is 0.548. The van der Waals surface area contributed by atoms with Gasteiger partial charge in [0.15, 0.2) is 6.79 Å². The first-order valence-corrected chi connectivity index (χ1v) is 15.4. The molecule has 0 amide bonds. The Kier molecular flexibility index (Phi) is 14.4. The van der Waals surface area contributed by atoms with Crippen LogP contribution in [0.15, 0.2) is 46.2 Å². The van der Waals surface area contributed by atoms with Gasteiger partial charge in [0, 0.05) is 31.3 Å². The van der Waals surface area contributed by atoms with Gasteiger partial charge in [-0.15, -0.1) is 0 Å². The lowest BCUT2D eigenvalue weighted by atomic mass is 10.1. The van der Waals surface area contributed by atoms with E-state index in [1.807, 2.05) is 41.5 Å². The largest absolute Gasteiger partial charge is 0.438 e. The molecular formula is C31H45F3N6O5. The van der Waals surface area contributed by atoms with E-state index in [9.17, 15) is 27.6 Å². The monoisotopic (exact) mass is 638 g/mol. The molecule has 3 aromatic rings. The summed E-state index contributed by atoms with van der Waals surface area (Å²) in [7, 11) is 0. The summed E-state index contributed by atoms with van der Waals surface area (Å²) in [5.41, 5.74) is -0.477. The summed E-state index contributed by atoms with van der Waals surface area (Å²) in [4.78, 5) is 40.0. The highest BCUT2D eigenvalue weighted by Crippen LogP contribution is 2.38. The van der Waals surface area contributed by atoms with Crippen LogP contribution in [0.3, 0.4) is 0 Å². The highest BCUT2D eigenvalue weighted by Gasteiger charge is 2.37. The minimum absolute atomic E-state index is 0.0798. The van der Waals surface area contributed by atoms with Gasteiger partial charge in [0.2, 0.25) is 0 Å². The molecule has 3 heterocycles. The number of hydrogen-bond donors (Lipinski definition) is 1. The maximum absolute atomic E-state index is 13.5. The SMILES string of the molecule is CC.CC.CCCC(=O)OCOCN1c2c(n(CC)c(=O)n(CCC)c2=O)NC1c1cnn(Cc2cccc(C(F)(F)F)c2)c1. The smallest absolute Gasteiger partial charge is 0.416 e. The molecule has 1 N–H and O–H groups in total. The van der Waals surface area contributed by atoms with E-state index in [4.69, 9.17) is 9.47 Å². The minimum atomic E-state index is -4.46. The Labute approximate surface area is 261 Å². The fourth-order valence-corrected chi connectivity index (χ4v) is 4.70. The number of carbonyl (C=O) groups excluding carboxylic acids is 1. The van der Waals surface area contributed by atoms with Crippen LogP contribution in [0.5, 0.6) is 0 Å². The Hall–Kier alpha value is -4.07. The van der Waals surface area contributed by atoms with E-state index in [1.165, 1.54) is 26.1 Å². The zero-order chi connectivity index (χ0) is 33.7. The predicted molar refractivity (Wildman–Crippen MR) is 167 cm³/mol. The van der Waals surface area contributed by atoms with Crippen LogP contribution in [0.1, 0.15) is 90.6 Å². The van der Waals surface area contributed by atoms with Gasteiger partial charge in [-0.05, 0) is 37.5 Å². The average Bonchev–Trinajstić information content (AvgIpc) is 3.64. The van der Waals surface area contributed by atoms with Crippen molar-refractivity contribution in [1.29, 1.82) is 0 Å². The number of rotatable bonds is 12. The van der Waals surface area contributed by atoms with Crippen molar-refractivity contribution in [2.75, 3.05) is 23.7 Å². The number of carbonyl (C=O) groups is 1. The minimum Gasteiger partial charge on any atom is -0.438 e. The first kappa shape index (κ1) is 37.1. The Balaban J connectivity index is 0.00000169. The van der Waals surface area contributed by atoms with Crippen molar-refractivity contribution >= 4 is 17.5 Å². The van der Waals surface area contributed by atoms with Crippen LogP contribution in [-0.2, 0) is 40.1 Å². The normalized spacial score (nSPS) is 13.6. The van der Waals surface area contributed by atoms with Crippen molar-refractivity contribution in [3.63, 3.8) is 0 Å². The Bertz CT molecular complexity index is 1500. The van der Waals surface area contributed by atoms with Gasteiger partial charge in [-0.3, -0.25) is 23.4 Å². The third-order valence-electron chi connectivity index (χ3n) is 6.60. The maximum atomic E-state index is 13.5. The molecule has 1 aliphatic heterocycles. The van der Waals surface area contributed by atoms with Gasteiger partial charge < -0.3 is 19.7 Å². The number of nitrogens with one attached hydrogen (secondary N) is 1. The predicted octanol–water partition coefficient (Wildman–Crippen LogP) is 5.96. The molecule has 0 saturated carbocycles. The summed E-state index contributed by atoms with van der Waals surface area (Å²) in [6.45, 7) is 13.6. The molecule has 1 aliphatic rings. The molecule has 250 valence electrons. The number of halogens is 3. The lowest BCUT2D eigenvalue weighted by Gasteiger charge is -2.25. The van der Waals surface area contributed by atoms with Crippen molar-refractivity contribution in [3.05, 3.63) is 74.2 Å². The Morgan fingerprint density at radius 3 is 2.38 bits per heavy atom. The van der Waals surface area contributed by atoms with Crippen LogP contribution in [0.4, 0.5) is 24.7 Å². The van der Waals surface area contributed by atoms with Gasteiger partial charge >= 0.3 is 17.8 Å². The highest BCUT2D eigenvalue weighted by atomic mass is 19.4. The van der Waals surface area contributed by atoms with Crippen molar-refractivity contribution in [2.45, 2.75) is 99.7 Å². The lowest BCUT2D eigenvalue weighted by molar-refractivity contribution is -0.156. The Morgan fingerprint density at radius 2 is 1.76 bits per heavy atom. The molecule has 45 heavy (non-hydrogen) atoms. The third-order valence-corrected chi connectivity index (χ3v) is 6.60. The van der Waals surface area contributed by atoms with Crippen LogP contribution < -0.4 is 21.5 Å². The Morgan fingerprint density at radius 1 is 1.04 bits per heavy atom. The molecule has 0 fully saturated rings. The number of aromatic nitrogens is 4. The second-order valence-electron chi connectivity index (χ2n) is 9.58. The van der Waals surface area contributed by atoms with E-state index in [2.05, 4.69) is 10.4 Å². The topological polar surface area (TPSA) is 113 Å². The molecule has 2 aromatic heterocycles. The summed E-state index contributed by atoms with van der Waals surface area (Å²) in [5, 5.41) is 7.55. The molecule has 0 bridgehead atoms. The summed E-state index contributed by atoms with van der Waals surface area (Å²) < 4.78 is 54.4. The molecule has 1 atom stereocenters. The standard InChI is InChI=1S/C27H33F3N6O5.2C2H6/c1-4-8-21(37)41-17-40-16-36-22-24(34(6-3)26(39)35(11-5-2)25(22)38)32-23(36)19-13-31-33(15-19)14-18-9-7-10-20(12-18)27(28,29)30;2*1-2/h7,9-10,12-13,15,23,32H,4-6,8,11,14,16-17H2,1-3H3;2*1-2H3. The fourth-order valence-electron chi connectivity index (χ4n) is 4.70. The molecule has 4 rings (SSSR count). The molecule has 0 saturated heterocycles. The van der Waals surface area contributed by atoms with Gasteiger partial charge in [-0.1, -0.05) is 53.7 Å². The molecule has 1 unspecified atom stereocenters. The molecule has 1 aromatic carbocycles. The number of fused-ring (bicyclic) bond motifs is 1. The zero-order valence-electron chi connectivity index (χ0n) is 27.1. The average molecular weight is 639 g/mol. The first-order valence-electron chi connectivity index (χ1n) is 15.4. The second kappa shape index (κ2) is 17.4. The van der Waals surface area contributed by atoms with Crippen LogP contribution >= 0.6 is 0 Å². The number of anilines is 2. The third kappa shape index (κ3) is 8.99. The number of esters is 1. The maximum Gasteiger partial charge on any atom is 0.416 e. The number of ether oxygens (including phenoxy) is 2.